The first-order valence-electron chi connectivity index (χ1n) is 7.16. The summed E-state index contributed by atoms with van der Waals surface area (Å²) >= 11 is 0. The summed E-state index contributed by atoms with van der Waals surface area (Å²) in [5, 5.41) is 17.5. The number of likely N-dealkylation sites (N-methyl/N-ethyl adjacent to an activating group) is 1. The summed E-state index contributed by atoms with van der Waals surface area (Å²) in [6.07, 6.45) is 1.08. The number of hydrogen-bond acceptors (Lipinski definition) is 6. The highest BCUT2D eigenvalue weighted by atomic mass is 16.3. The standard InChI is InChI=1S/C13H21N7O/c1-9(21)7-20-8-15-11(14)10-12(20)17-13(16-10)19-5-3-18(2)4-6-19/h8-9,14,21H,3-7H2,1-2H3,(H,16,17)/t9-/m0/s1. The van der Waals surface area contributed by atoms with Crippen LogP contribution in [0.25, 0.3) is 11.2 Å². The van der Waals surface area contributed by atoms with E-state index in [2.05, 4.69) is 31.8 Å². The zero-order chi connectivity index (χ0) is 15.0. The van der Waals surface area contributed by atoms with E-state index in [0.717, 1.165) is 32.1 Å². The largest absolute Gasteiger partial charge is 0.392 e. The van der Waals surface area contributed by atoms with Gasteiger partial charge in [-0.3, -0.25) is 5.41 Å². The summed E-state index contributed by atoms with van der Waals surface area (Å²) in [5.41, 5.74) is 1.47. The van der Waals surface area contributed by atoms with E-state index < -0.39 is 6.10 Å². The predicted octanol–water partition coefficient (Wildman–Crippen LogP) is -0.629. The molecule has 3 rings (SSSR count). The number of anilines is 1. The molecule has 1 saturated heterocycles. The van der Waals surface area contributed by atoms with Gasteiger partial charge in [0, 0.05) is 26.2 Å². The van der Waals surface area contributed by atoms with Crippen LogP contribution in [0.1, 0.15) is 6.92 Å². The van der Waals surface area contributed by atoms with E-state index in [0.29, 0.717) is 17.7 Å². The molecule has 1 aliphatic heterocycles. The molecule has 8 nitrogen and oxygen atoms in total. The van der Waals surface area contributed by atoms with Crippen LogP contribution in [-0.4, -0.2) is 68.9 Å². The highest BCUT2D eigenvalue weighted by Gasteiger charge is 2.19. The van der Waals surface area contributed by atoms with E-state index in [1.807, 2.05) is 0 Å². The van der Waals surface area contributed by atoms with Crippen molar-refractivity contribution in [2.75, 3.05) is 38.1 Å². The van der Waals surface area contributed by atoms with Gasteiger partial charge in [0.1, 0.15) is 5.52 Å². The number of aliphatic hydroxyl groups is 1. The highest BCUT2D eigenvalue weighted by molar-refractivity contribution is 5.72. The lowest BCUT2D eigenvalue weighted by Gasteiger charge is -2.31. The second-order valence-electron chi connectivity index (χ2n) is 5.64. The first-order chi connectivity index (χ1) is 10.0. The van der Waals surface area contributed by atoms with Crippen molar-refractivity contribution in [1.82, 2.24) is 24.4 Å². The van der Waals surface area contributed by atoms with Crippen LogP contribution < -0.4 is 10.4 Å². The molecule has 1 atom stereocenters. The van der Waals surface area contributed by atoms with Crippen molar-refractivity contribution >= 4 is 17.1 Å². The summed E-state index contributed by atoms with van der Waals surface area (Å²) < 4.78 is 1.79. The fourth-order valence-electron chi connectivity index (χ4n) is 2.56. The Kier molecular flexibility index (Phi) is 3.64. The lowest BCUT2D eigenvalue weighted by atomic mass is 10.3. The van der Waals surface area contributed by atoms with Gasteiger partial charge in [0.25, 0.3) is 0 Å². The molecule has 0 saturated carbocycles. The third-order valence-corrected chi connectivity index (χ3v) is 3.77. The molecule has 0 aliphatic carbocycles. The lowest BCUT2D eigenvalue weighted by molar-refractivity contribution is 0.174. The topological polar surface area (TPSA) is 97.1 Å². The molecule has 21 heavy (non-hydrogen) atoms. The number of piperazine rings is 1. The molecule has 1 aliphatic rings. The molecule has 1 fully saturated rings. The minimum absolute atomic E-state index is 0.180. The van der Waals surface area contributed by atoms with Crippen LogP contribution in [0.2, 0.25) is 0 Å². The Morgan fingerprint density at radius 1 is 1.38 bits per heavy atom. The van der Waals surface area contributed by atoms with Crippen LogP contribution in [0.3, 0.4) is 0 Å². The van der Waals surface area contributed by atoms with E-state index in [4.69, 9.17) is 5.41 Å². The van der Waals surface area contributed by atoms with Gasteiger partial charge in [0.15, 0.2) is 11.1 Å². The molecule has 0 aromatic carbocycles. The minimum atomic E-state index is -0.486. The van der Waals surface area contributed by atoms with Crippen molar-refractivity contribution in [3.8, 4) is 0 Å². The van der Waals surface area contributed by atoms with Gasteiger partial charge in [-0.1, -0.05) is 0 Å². The number of aromatic amines is 1. The van der Waals surface area contributed by atoms with Crippen LogP contribution >= 0.6 is 0 Å². The van der Waals surface area contributed by atoms with E-state index >= 15 is 0 Å². The Bertz CT molecular complexity index is 681. The Morgan fingerprint density at radius 3 is 2.76 bits per heavy atom. The molecule has 3 heterocycles. The van der Waals surface area contributed by atoms with Crippen LogP contribution in [-0.2, 0) is 6.54 Å². The molecular weight excluding hydrogens is 270 g/mol. The van der Waals surface area contributed by atoms with Crippen molar-refractivity contribution in [3.63, 3.8) is 0 Å². The van der Waals surface area contributed by atoms with Crippen LogP contribution in [0.4, 0.5) is 5.95 Å². The maximum Gasteiger partial charge on any atom is 0.205 e. The zero-order valence-corrected chi connectivity index (χ0v) is 12.4. The molecule has 2 aromatic heterocycles. The number of fused-ring (bicyclic) bond motifs is 1. The highest BCUT2D eigenvalue weighted by Crippen LogP contribution is 2.16. The quantitative estimate of drug-likeness (QED) is 0.700. The fraction of sp³-hybridized carbons (Fsp3) is 0.615. The normalized spacial score (nSPS) is 18.3. The number of rotatable bonds is 3. The van der Waals surface area contributed by atoms with Gasteiger partial charge in [-0.2, -0.15) is 4.98 Å². The third-order valence-electron chi connectivity index (χ3n) is 3.77. The number of hydrogen-bond donors (Lipinski definition) is 3. The summed E-state index contributed by atoms with van der Waals surface area (Å²) in [7, 11) is 2.11. The average Bonchev–Trinajstić information content (AvgIpc) is 2.88. The van der Waals surface area contributed by atoms with Crippen molar-refractivity contribution < 1.29 is 5.11 Å². The molecule has 0 bridgehead atoms. The smallest absolute Gasteiger partial charge is 0.205 e. The van der Waals surface area contributed by atoms with E-state index in [1.165, 1.54) is 0 Å². The molecule has 8 heteroatoms. The van der Waals surface area contributed by atoms with Crippen molar-refractivity contribution in [1.29, 1.82) is 5.41 Å². The van der Waals surface area contributed by atoms with Gasteiger partial charge in [0.2, 0.25) is 5.95 Å². The Morgan fingerprint density at radius 2 is 2.10 bits per heavy atom. The van der Waals surface area contributed by atoms with Crippen molar-refractivity contribution in [2.45, 2.75) is 19.6 Å². The molecule has 2 aromatic rings. The molecule has 0 amide bonds. The Labute approximate surface area is 122 Å². The fourth-order valence-corrected chi connectivity index (χ4v) is 2.56. The third kappa shape index (κ3) is 2.77. The lowest BCUT2D eigenvalue weighted by Crippen LogP contribution is -2.44. The zero-order valence-electron chi connectivity index (χ0n) is 12.4. The number of aliphatic hydroxyl groups excluding tert-OH is 1. The Hall–Kier alpha value is -1.93. The summed E-state index contributed by atoms with van der Waals surface area (Å²) in [6, 6.07) is 0. The first-order valence-corrected chi connectivity index (χ1v) is 7.16. The second kappa shape index (κ2) is 5.45. The summed E-state index contributed by atoms with van der Waals surface area (Å²) in [5.74, 6) is 0.777. The van der Waals surface area contributed by atoms with E-state index in [1.54, 1.807) is 17.8 Å². The second-order valence-corrected chi connectivity index (χ2v) is 5.64. The number of nitrogens with zero attached hydrogens (tertiary/aromatic N) is 5. The van der Waals surface area contributed by atoms with Gasteiger partial charge in [-0.15, -0.1) is 0 Å². The maximum atomic E-state index is 9.57. The van der Waals surface area contributed by atoms with Crippen LogP contribution in [0, 0.1) is 5.41 Å². The van der Waals surface area contributed by atoms with Crippen LogP contribution in [0.15, 0.2) is 6.33 Å². The maximum absolute atomic E-state index is 9.57. The van der Waals surface area contributed by atoms with E-state index in [-0.39, 0.29) is 5.49 Å². The van der Waals surface area contributed by atoms with Gasteiger partial charge >= 0.3 is 0 Å². The van der Waals surface area contributed by atoms with Gasteiger partial charge < -0.3 is 24.5 Å². The summed E-state index contributed by atoms with van der Waals surface area (Å²) in [4.78, 5) is 16.3. The van der Waals surface area contributed by atoms with Crippen LogP contribution in [0.5, 0.6) is 0 Å². The molecule has 0 unspecified atom stereocenters. The molecule has 0 radical (unpaired) electrons. The summed E-state index contributed by atoms with van der Waals surface area (Å²) in [6.45, 7) is 5.95. The number of nitrogens with one attached hydrogen (secondary N) is 2. The molecule has 3 N–H and O–H groups in total. The van der Waals surface area contributed by atoms with Gasteiger partial charge in [0.05, 0.1) is 19.0 Å². The average molecular weight is 291 g/mol. The molecule has 0 spiro atoms. The van der Waals surface area contributed by atoms with Gasteiger partial charge in [-0.05, 0) is 14.0 Å². The molecular formula is C13H21N7O. The van der Waals surface area contributed by atoms with Gasteiger partial charge in [-0.25, -0.2) is 4.98 Å². The monoisotopic (exact) mass is 291 g/mol. The SMILES string of the molecule is C[C@H](O)Cn1cnc(=N)c2[nH]c(N3CCN(C)CC3)nc21. The minimum Gasteiger partial charge on any atom is -0.392 e. The number of imidazole rings is 1. The number of aromatic nitrogens is 4. The van der Waals surface area contributed by atoms with E-state index in [9.17, 15) is 5.11 Å². The van der Waals surface area contributed by atoms with Crippen molar-refractivity contribution in [2.24, 2.45) is 0 Å². The number of H-pyrrole nitrogens is 1. The Balaban J connectivity index is 1.98. The first kappa shape index (κ1) is 14.0. The van der Waals surface area contributed by atoms with Crippen molar-refractivity contribution in [3.05, 3.63) is 11.8 Å². The predicted molar refractivity (Wildman–Crippen MR) is 79.1 cm³/mol. The molecule has 114 valence electrons.